The summed E-state index contributed by atoms with van der Waals surface area (Å²) >= 11 is 0. The van der Waals surface area contributed by atoms with E-state index in [-0.39, 0.29) is 6.10 Å². The molecular formula is C11H12O. The fourth-order valence-corrected chi connectivity index (χ4v) is 1.63. The Balaban J connectivity index is 2.57. The molecule has 0 heterocycles. The Labute approximate surface area is 72.4 Å². The number of hydrogen-bond donors (Lipinski definition) is 1. The third-order valence-electron chi connectivity index (χ3n) is 2.35. The minimum atomic E-state index is -0.375. The van der Waals surface area contributed by atoms with Crippen molar-refractivity contribution in [3.05, 3.63) is 40.5 Å². The summed E-state index contributed by atoms with van der Waals surface area (Å²) in [5.74, 6) is 0. The standard InChI is InChI=1S/C11H12O/c1-7-3-4-9-6-8(2)11(12)10(9)5-7/h3-6,11-12H,1-2H3. The van der Waals surface area contributed by atoms with Crippen molar-refractivity contribution in [3.8, 4) is 0 Å². The topological polar surface area (TPSA) is 20.2 Å². The van der Waals surface area contributed by atoms with E-state index in [4.69, 9.17) is 0 Å². The molecule has 0 radical (unpaired) electrons. The lowest BCUT2D eigenvalue weighted by Gasteiger charge is -2.06. The summed E-state index contributed by atoms with van der Waals surface area (Å²) in [6.45, 7) is 4.00. The van der Waals surface area contributed by atoms with Gasteiger partial charge in [-0.3, -0.25) is 0 Å². The van der Waals surface area contributed by atoms with Gasteiger partial charge in [0.1, 0.15) is 6.10 Å². The second-order valence-corrected chi connectivity index (χ2v) is 3.42. The lowest BCUT2D eigenvalue weighted by atomic mass is 10.0. The summed E-state index contributed by atoms with van der Waals surface area (Å²) < 4.78 is 0. The Bertz CT molecular complexity index is 350. The largest absolute Gasteiger partial charge is 0.384 e. The fraction of sp³-hybridized carbons (Fsp3) is 0.273. The van der Waals surface area contributed by atoms with Crippen molar-refractivity contribution in [1.82, 2.24) is 0 Å². The van der Waals surface area contributed by atoms with E-state index in [1.807, 2.05) is 26.0 Å². The predicted molar refractivity (Wildman–Crippen MR) is 49.8 cm³/mol. The zero-order chi connectivity index (χ0) is 8.72. The molecule has 0 fully saturated rings. The number of rotatable bonds is 0. The Hall–Kier alpha value is -1.08. The summed E-state index contributed by atoms with van der Waals surface area (Å²) in [4.78, 5) is 0. The molecule has 1 nitrogen and oxygen atoms in total. The zero-order valence-electron chi connectivity index (χ0n) is 7.33. The second kappa shape index (κ2) is 2.46. The maximum atomic E-state index is 9.71. The van der Waals surface area contributed by atoms with Crippen LogP contribution in [0.4, 0.5) is 0 Å². The van der Waals surface area contributed by atoms with Crippen LogP contribution in [-0.4, -0.2) is 5.11 Å². The van der Waals surface area contributed by atoms with Gasteiger partial charge in [0, 0.05) is 0 Å². The summed E-state index contributed by atoms with van der Waals surface area (Å²) in [6, 6.07) is 6.18. The molecule has 0 amide bonds. The van der Waals surface area contributed by atoms with Crippen molar-refractivity contribution in [3.63, 3.8) is 0 Å². The molecule has 62 valence electrons. The molecule has 1 atom stereocenters. The molecule has 0 saturated carbocycles. The number of fused-ring (bicyclic) bond motifs is 1. The summed E-state index contributed by atoms with van der Waals surface area (Å²) in [5, 5.41) is 9.71. The van der Waals surface area contributed by atoms with E-state index >= 15 is 0 Å². The van der Waals surface area contributed by atoms with Crippen LogP contribution in [0, 0.1) is 6.92 Å². The van der Waals surface area contributed by atoms with Gasteiger partial charge in [0.2, 0.25) is 0 Å². The quantitative estimate of drug-likeness (QED) is 0.618. The smallest absolute Gasteiger partial charge is 0.101 e. The van der Waals surface area contributed by atoms with Gasteiger partial charge in [-0.25, -0.2) is 0 Å². The number of aryl methyl sites for hydroxylation is 1. The maximum Gasteiger partial charge on any atom is 0.101 e. The highest BCUT2D eigenvalue weighted by Gasteiger charge is 2.19. The first kappa shape index (κ1) is 7.56. The van der Waals surface area contributed by atoms with Gasteiger partial charge in [-0.05, 0) is 30.5 Å². The SMILES string of the molecule is CC1=Cc2ccc(C)cc2C1O. The van der Waals surface area contributed by atoms with Crippen molar-refractivity contribution in [1.29, 1.82) is 0 Å². The summed E-state index contributed by atoms with van der Waals surface area (Å²) in [7, 11) is 0. The van der Waals surface area contributed by atoms with Gasteiger partial charge < -0.3 is 5.11 Å². The number of hydrogen-bond acceptors (Lipinski definition) is 1. The van der Waals surface area contributed by atoms with E-state index in [0.29, 0.717) is 0 Å². The minimum absolute atomic E-state index is 0.375. The minimum Gasteiger partial charge on any atom is -0.384 e. The predicted octanol–water partition coefficient (Wildman–Crippen LogP) is 2.45. The van der Waals surface area contributed by atoms with Crippen LogP contribution in [0.25, 0.3) is 6.08 Å². The van der Waals surface area contributed by atoms with Crippen molar-refractivity contribution >= 4 is 6.08 Å². The maximum absolute atomic E-state index is 9.71. The van der Waals surface area contributed by atoms with Crippen LogP contribution in [0.5, 0.6) is 0 Å². The Kier molecular flexibility index (Phi) is 1.55. The van der Waals surface area contributed by atoms with E-state index in [2.05, 4.69) is 12.1 Å². The first-order valence-corrected chi connectivity index (χ1v) is 4.15. The molecule has 0 aromatic heterocycles. The third kappa shape index (κ3) is 0.978. The molecule has 1 N–H and O–H groups in total. The van der Waals surface area contributed by atoms with Crippen LogP contribution in [0.1, 0.15) is 29.7 Å². The Morgan fingerprint density at radius 2 is 2.00 bits per heavy atom. The third-order valence-corrected chi connectivity index (χ3v) is 2.35. The molecule has 1 aromatic rings. The molecule has 1 aromatic carbocycles. The van der Waals surface area contributed by atoms with Crippen LogP contribution in [0.15, 0.2) is 23.8 Å². The second-order valence-electron chi connectivity index (χ2n) is 3.42. The average Bonchev–Trinajstić information content (AvgIpc) is 2.31. The van der Waals surface area contributed by atoms with Gasteiger partial charge in [-0.15, -0.1) is 0 Å². The average molecular weight is 160 g/mol. The van der Waals surface area contributed by atoms with Gasteiger partial charge in [0.25, 0.3) is 0 Å². The Morgan fingerprint density at radius 3 is 2.75 bits per heavy atom. The van der Waals surface area contributed by atoms with Gasteiger partial charge >= 0.3 is 0 Å². The molecule has 1 unspecified atom stereocenters. The van der Waals surface area contributed by atoms with Crippen molar-refractivity contribution in [2.75, 3.05) is 0 Å². The number of aliphatic hydroxyl groups excluding tert-OH is 1. The molecule has 1 aliphatic rings. The molecule has 0 saturated heterocycles. The molecule has 1 aliphatic carbocycles. The molecule has 0 aliphatic heterocycles. The number of aliphatic hydroxyl groups is 1. The van der Waals surface area contributed by atoms with Gasteiger partial charge in [-0.1, -0.05) is 29.8 Å². The van der Waals surface area contributed by atoms with Crippen LogP contribution >= 0.6 is 0 Å². The van der Waals surface area contributed by atoms with Crippen LogP contribution < -0.4 is 0 Å². The molecule has 0 bridgehead atoms. The van der Waals surface area contributed by atoms with Gasteiger partial charge in [0.15, 0.2) is 0 Å². The van der Waals surface area contributed by atoms with Crippen molar-refractivity contribution in [2.45, 2.75) is 20.0 Å². The molecule has 1 heteroatoms. The molecule has 0 spiro atoms. The highest BCUT2D eigenvalue weighted by atomic mass is 16.3. The van der Waals surface area contributed by atoms with E-state index in [9.17, 15) is 5.11 Å². The Morgan fingerprint density at radius 1 is 1.25 bits per heavy atom. The fourth-order valence-electron chi connectivity index (χ4n) is 1.63. The lowest BCUT2D eigenvalue weighted by molar-refractivity contribution is 0.220. The normalized spacial score (nSPS) is 20.6. The van der Waals surface area contributed by atoms with Crippen molar-refractivity contribution in [2.24, 2.45) is 0 Å². The van der Waals surface area contributed by atoms with E-state index in [1.54, 1.807) is 0 Å². The molecule has 2 rings (SSSR count). The van der Waals surface area contributed by atoms with E-state index < -0.39 is 0 Å². The van der Waals surface area contributed by atoms with Gasteiger partial charge in [-0.2, -0.15) is 0 Å². The first-order valence-electron chi connectivity index (χ1n) is 4.15. The van der Waals surface area contributed by atoms with Crippen LogP contribution in [-0.2, 0) is 0 Å². The van der Waals surface area contributed by atoms with Crippen molar-refractivity contribution < 1.29 is 5.11 Å². The van der Waals surface area contributed by atoms with Gasteiger partial charge in [0.05, 0.1) is 0 Å². The first-order chi connectivity index (χ1) is 5.68. The monoisotopic (exact) mass is 160 g/mol. The summed E-state index contributed by atoms with van der Waals surface area (Å²) in [6.07, 6.45) is 1.67. The highest BCUT2D eigenvalue weighted by molar-refractivity contribution is 5.65. The van der Waals surface area contributed by atoms with Crippen LogP contribution in [0.2, 0.25) is 0 Å². The lowest BCUT2D eigenvalue weighted by Crippen LogP contribution is -1.94. The van der Waals surface area contributed by atoms with E-state index in [1.165, 1.54) is 5.56 Å². The van der Waals surface area contributed by atoms with E-state index in [0.717, 1.165) is 16.7 Å². The summed E-state index contributed by atoms with van der Waals surface area (Å²) in [5.41, 5.74) is 4.45. The molecular weight excluding hydrogens is 148 g/mol. The van der Waals surface area contributed by atoms with Crippen LogP contribution in [0.3, 0.4) is 0 Å². The zero-order valence-corrected chi connectivity index (χ0v) is 7.33. The number of benzene rings is 1. The highest BCUT2D eigenvalue weighted by Crippen LogP contribution is 2.33. The molecule has 12 heavy (non-hydrogen) atoms.